The Bertz CT molecular complexity index is 621. The SMILES string of the molecule is CC1(COC(=O)c2ccc([N+](=O)[O-])cc2)COC(=C=O)OC1. The van der Waals surface area contributed by atoms with Crippen LogP contribution in [0.3, 0.4) is 0 Å². The minimum absolute atomic E-state index is 0.0228. The Labute approximate surface area is 125 Å². The minimum atomic E-state index is -0.604. The van der Waals surface area contributed by atoms with Crippen LogP contribution >= 0.6 is 0 Å². The summed E-state index contributed by atoms with van der Waals surface area (Å²) in [5.41, 5.74) is -0.484. The number of carbonyl (C=O) groups excluding carboxylic acids is 2. The number of rotatable bonds is 4. The van der Waals surface area contributed by atoms with Crippen molar-refractivity contribution >= 4 is 17.6 Å². The lowest BCUT2D eigenvalue weighted by molar-refractivity contribution is -0.384. The van der Waals surface area contributed by atoms with Crippen LogP contribution < -0.4 is 0 Å². The summed E-state index contributed by atoms with van der Waals surface area (Å²) < 4.78 is 15.2. The first-order chi connectivity index (χ1) is 10.4. The number of nitro groups is 1. The van der Waals surface area contributed by atoms with Crippen LogP contribution in [0, 0.1) is 15.5 Å². The first-order valence-corrected chi connectivity index (χ1v) is 6.36. The van der Waals surface area contributed by atoms with Gasteiger partial charge in [0.1, 0.15) is 19.8 Å². The van der Waals surface area contributed by atoms with E-state index in [4.69, 9.17) is 14.2 Å². The third-order valence-electron chi connectivity index (χ3n) is 3.05. The van der Waals surface area contributed by atoms with E-state index in [0.29, 0.717) is 0 Å². The van der Waals surface area contributed by atoms with Gasteiger partial charge in [-0.1, -0.05) is 0 Å². The van der Waals surface area contributed by atoms with Gasteiger partial charge in [0.15, 0.2) is 0 Å². The van der Waals surface area contributed by atoms with Gasteiger partial charge in [-0.2, -0.15) is 0 Å². The summed E-state index contributed by atoms with van der Waals surface area (Å²) in [5.74, 6) is 0.693. The fraction of sp³-hybridized carbons (Fsp3) is 0.357. The van der Waals surface area contributed by atoms with Gasteiger partial charge in [0.25, 0.3) is 5.69 Å². The quantitative estimate of drug-likeness (QED) is 0.359. The molecule has 1 aromatic rings. The van der Waals surface area contributed by atoms with Crippen molar-refractivity contribution in [2.24, 2.45) is 5.41 Å². The number of benzene rings is 1. The molecule has 1 saturated heterocycles. The number of hydrogen-bond acceptors (Lipinski definition) is 7. The van der Waals surface area contributed by atoms with Gasteiger partial charge in [-0.05, 0) is 19.1 Å². The summed E-state index contributed by atoms with van der Waals surface area (Å²) in [6, 6.07) is 5.10. The highest BCUT2D eigenvalue weighted by Crippen LogP contribution is 2.25. The molecule has 0 aromatic heterocycles. The van der Waals surface area contributed by atoms with E-state index >= 15 is 0 Å². The van der Waals surface area contributed by atoms with Crippen LogP contribution in [0.25, 0.3) is 0 Å². The standard InChI is InChI=1S/C14H13NO7/c1-14(7-20-12(6-16)21-8-14)9-22-13(17)10-2-4-11(5-3-10)15(18)19/h2-5H,7-9H2,1H3. The Balaban J connectivity index is 1.92. The molecule has 0 spiro atoms. The Morgan fingerprint density at radius 3 is 2.45 bits per heavy atom. The molecule has 0 unspecified atom stereocenters. The number of esters is 1. The van der Waals surface area contributed by atoms with Gasteiger partial charge in [-0.15, -0.1) is 0 Å². The largest absolute Gasteiger partial charge is 0.461 e. The molecule has 22 heavy (non-hydrogen) atoms. The summed E-state index contributed by atoms with van der Waals surface area (Å²) in [6.07, 6.45) is 0. The predicted octanol–water partition coefficient (Wildman–Crippen LogP) is 1.48. The van der Waals surface area contributed by atoms with E-state index in [2.05, 4.69) is 0 Å². The smallest absolute Gasteiger partial charge is 0.369 e. The van der Waals surface area contributed by atoms with Crippen LogP contribution in [-0.4, -0.2) is 36.7 Å². The zero-order valence-electron chi connectivity index (χ0n) is 11.7. The molecule has 0 aliphatic carbocycles. The van der Waals surface area contributed by atoms with Gasteiger partial charge in [-0.25, -0.2) is 9.59 Å². The van der Waals surface area contributed by atoms with Crippen molar-refractivity contribution in [3.8, 4) is 0 Å². The monoisotopic (exact) mass is 307 g/mol. The van der Waals surface area contributed by atoms with Gasteiger partial charge in [-0.3, -0.25) is 10.1 Å². The molecule has 1 aliphatic rings. The van der Waals surface area contributed by atoms with Crippen molar-refractivity contribution in [3.63, 3.8) is 0 Å². The van der Waals surface area contributed by atoms with Gasteiger partial charge in [0, 0.05) is 12.1 Å². The molecule has 8 heteroatoms. The lowest BCUT2D eigenvalue weighted by Gasteiger charge is -2.32. The normalized spacial score (nSPS) is 20.3. The molecule has 0 bridgehead atoms. The summed E-state index contributed by atoms with van der Waals surface area (Å²) in [5, 5.41) is 10.5. The second-order valence-corrected chi connectivity index (χ2v) is 5.16. The van der Waals surface area contributed by atoms with Gasteiger partial charge < -0.3 is 14.2 Å². The average molecular weight is 307 g/mol. The molecule has 1 fully saturated rings. The van der Waals surface area contributed by atoms with Gasteiger partial charge in [0.05, 0.1) is 15.9 Å². The van der Waals surface area contributed by atoms with E-state index in [0.717, 1.165) is 0 Å². The van der Waals surface area contributed by atoms with Gasteiger partial charge in [0.2, 0.25) is 5.94 Å². The Kier molecular flexibility index (Phi) is 4.43. The maximum Gasteiger partial charge on any atom is 0.369 e. The highest BCUT2D eigenvalue weighted by Gasteiger charge is 2.34. The zero-order chi connectivity index (χ0) is 16.2. The highest BCUT2D eigenvalue weighted by molar-refractivity contribution is 5.89. The minimum Gasteiger partial charge on any atom is -0.461 e. The fourth-order valence-electron chi connectivity index (χ4n) is 1.75. The van der Waals surface area contributed by atoms with Crippen molar-refractivity contribution in [3.05, 3.63) is 45.9 Å². The topological polar surface area (TPSA) is 105 Å². The molecule has 116 valence electrons. The Morgan fingerprint density at radius 2 is 1.95 bits per heavy atom. The second kappa shape index (κ2) is 6.28. The molecule has 0 saturated carbocycles. The maximum atomic E-state index is 11.9. The summed E-state index contributed by atoms with van der Waals surface area (Å²) in [6.45, 7) is 2.11. The molecule has 2 rings (SSSR count). The summed E-state index contributed by atoms with van der Waals surface area (Å²) in [4.78, 5) is 32.2. The number of carbonyl (C=O) groups is 1. The van der Waals surface area contributed by atoms with Crippen LogP contribution in [0.15, 0.2) is 30.2 Å². The van der Waals surface area contributed by atoms with Gasteiger partial charge >= 0.3 is 11.9 Å². The van der Waals surface area contributed by atoms with Crippen LogP contribution in [0.5, 0.6) is 0 Å². The summed E-state index contributed by atoms with van der Waals surface area (Å²) >= 11 is 0. The average Bonchev–Trinajstić information content (AvgIpc) is 2.53. The predicted molar refractivity (Wildman–Crippen MR) is 72.6 cm³/mol. The number of hydrogen-bond donors (Lipinski definition) is 0. The zero-order valence-corrected chi connectivity index (χ0v) is 11.7. The molecule has 0 radical (unpaired) electrons. The highest BCUT2D eigenvalue weighted by atomic mass is 16.7. The van der Waals surface area contributed by atoms with Crippen molar-refractivity contribution in [1.82, 2.24) is 0 Å². The number of non-ortho nitro benzene ring substituents is 1. The molecule has 1 heterocycles. The molecule has 0 amide bonds. The van der Waals surface area contributed by atoms with Crippen LogP contribution in [0.1, 0.15) is 17.3 Å². The van der Waals surface area contributed by atoms with Crippen LogP contribution in [0.4, 0.5) is 5.69 Å². The van der Waals surface area contributed by atoms with E-state index in [-0.39, 0.29) is 37.0 Å². The number of nitro benzene ring substituents is 1. The van der Waals surface area contributed by atoms with E-state index < -0.39 is 16.3 Å². The van der Waals surface area contributed by atoms with E-state index in [1.807, 2.05) is 0 Å². The third kappa shape index (κ3) is 3.62. The van der Waals surface area contributed by atoms with E-state index in [1.165, 1.54) is 30.2 Å². The molecule has 8 nitrogen and oxygen atoms in total. The Hall–Kier alpha value is -2.86. The third-order valence-corrected chi connectivity index (χ3v) is 3.05. The molecule has 1 aromatic carbocycles. The summed E-state index contributed by atoms with van der Waals surface area (Å²) in [7, 11) is 0. The molecular weight excluding hydrogens is 294 g/mol. The first-order valence-electron chi connectivity index (χ1n) is 6.36. The van der Waals surface area contributed by atoms with E-state index in [9.17, 15) is 19.7 Å². The first kappa shape index (κ1) is 15.5. The number of ether oxygens (including phenoxy) is 3. The maximum absolute atomic E-state index is 11.9. The number of nitrogens with zero attached hydrogens (tertiary/aromatic N) is 1. The second-order valence-electron chi connectivity index (χ2n) is 5.16. The van der Waals surface area contributed by atoms with Crippen molar-refractivity contribution in [1.29, 1.82) is 0 Å². The van der Waals surface area contributed by atoms with Crippen LogP contribution in [-0.2, 0) is 19.0 Å². The Morgan fingerprint density at radius 1 is 1.36 bits per heavy atom. The molecule has 0 N–H and O–H groups in total. The molecule has 0 atom stereocenters. The van der Waals surface area contributed by atoms with Crippen molar-refractivity contribution in [2.75, 3.05) is 19.8 Å². The van der Waals surface area contributed by atoms with Crippen LogP contribution in [0.2, 0.25) is 0 Å². The molecular formula is C14H13NO7. The molecule has 1 aliphatic heterocycles. The van der Waals surface area contributed by atoms with Crippen molar-refractivity contribution < 1.29 is 28.7 Å². The van der Waals surface area contributed by atoms with Crippen molar-refractivity contribution in [2.45, 2.75) is 6.92 Å². The van der Waals surface area contributed by atoms with E-state index in [1.54, 1.807) is 6.92 Å². The lowest BCUT2D eigenvalue weighted by Crippen LogP contribution is -2.38. The lowest BCUT2D eigenvalue weighted by atomic mass is 9.94. The fourth-order valence-corrected chi connectivity index (χ4v) is 1.75.